The summed E-state index contributed by atoms with van der Waals surface area (Å²) in [6.07, 6.45) is 7.20. The van der Waals surface area contributed by atoms with Crippen LogP contribution in [0.3, 0.4) is 0 Å². The average molecular weight is 212 g/mol. The first-order chi connectivity index (χ1) is 7.73. The van der Waals surface area contributed by atoms with Crippen LogP contribution < -0.4 is 0 Å². The zero-order chi connectivity index (χ0) is 11.6. The molecule has 0 saturated carbocycles. The van der Waals surface area contributed by atoms with Gasteiger partial charge >= 0.3 is 0 Å². The van der Waals surface area contributed by atoms with E-state index in [1.54, 1.807) is 0 Å². The predicted octanol–water partition coefficient (Wildman–Crippen LogP) is 2.42. The smallest absolute Gasteiger partial charge is 0.186 e. The van der Waals surface area contributed by atoms with Crippen molar-refractivity contribution in [2.24, 2.45) is 5.41 Å². The zero-order valence-electron chi connectivity index (χ0n) is 8.99. The van der Waals surface area contributed by atoms with Crippen molar-refractivity contribution in [3.63, 3.8) is 0 Å². The summed E-state index contributed by atoms with van der Waals surface area (Å²) in [4.78, 5) is 11.2. The molecule has 2 aliphatic rings. The Morgan fingerprint density at radius 3 is 2.31 bits per heavy atom. The van der Waals surface area contributed by atoms with Crippen LogP contribution in [0.5, 0.6) is 0 Å². The second-order valence-electron chi connectivity index (χ2n) is 4.23. The van der Waals surface area contributed by atoms with E-state index in [0.717, 1.165) is 24.8 Å². The number of allylic oxidation sites excluding steroid dienone is 4. The molecule has 0 saturated heterocycles. The maximum absolute atomic E-state index is 11.2. The van der Waals surface area contributed by atoms with E-state index in [1.807, 2.05) is 6.08 Å². The topological polar surface area (TPSA) is 64.7 Å². The van der Waals surface area contributed by atoms with Crippen molar-refractivity contribution < 1.29 is 4.79 Å². The van der Waals surface area contributed by atoms with Gasteiger partial charge in [-0.2, -0.15) is 10.5 Å². The molecule has 0 unspecified atom stereocenters. The first kappa shape index (κ1) is 10.6. The number of hydrogen-bond donors (Lipinski definition) is 0. The average Bonchev–Trinajstić information content (AvgIpc) is 2.93. The summed E-state index contributed by atoms with van der Waals surface area (Å²) in [5, 5.41) is 18.6. The number of nitriles is 2. The third kappa shape index (κ3) is 1.46. The monoisotopic (exact) mass is 212 g/mol. The van der Waals surface area contributed by atoms with Gasteiger partial charge in [0.25, 0.3) is 0 Å². The number of ketones is 1. The van der Waals surface area contributed by atoms with Crippen LogP contribution in [0.25, 0.3) is 0 Å². The van der Waals surface area contributed by atoms with Gasteiger partial charge in [-0.15, -0.1) is 0 Å². The van der Waals surface area contributed by atoms with E-state index in [1.165, 1.54) is 6.08 Å². The summed E-state index contributed by atoms with van der Waals surface area (Å²) in [7, 11) is 0. The summed E-state index contributed by atoms with van der Waals surface area (Å²) in [6.45, 7) is 0. The minimum Gasteiger partial charge on any atom is -0.295 e. The van der Waals surface area contributed by atoms with Crippen molar-refractivity contribution in [2.45, 2.75) is 32.1 Å². The Labute approximate surface area is 94.7 Å². The van der Waals surface area contributed by atoms with E-state index < -0.39 is 5.41 Å². The molecule has 0 radical (unpaired) electrons. The van der Waals surface area contributed by atoms with Gasteiger partial charge in [0.15, 0.2) is 11.2 Å². The molecule has 0 amide bonds. The molecule has 0 aromatic carbocycles. The Bertz CT molecular complexity index is 457. The fraction of sp³-hybridized carbons (Fsp3) is 0.462. The molecule has 0 fully saturated rings. The van der Waals surface area contributed by atoms with Crippen LogP contribution >= 0.6 is 0 Å². The summed E-state index contributed by atoms with van der Waals surface area (Å²) in [6, 6.07) is 4.24. The van der Waals surface area contributed by atoms with Gasteiger partial charge in [0.05, 0.1) is 12.1 Å². The number of rotatable bonds is 2. The van der Waals surface area contributed by atoms with Crippen LogP contribution in [-0.4, -0.2) is 5.78 Å². The van der Waals surface area contributed by atoms with Gasteiger partial charge in [-0.3, -0.25) is 4.79 Å². The normalized spacial score (nSPS) is 20.0. The largest absolute Gasteiger partial charge is 0.295 e. The summed E-state index contributed by atoms with van der Waals surface area (Å²) in [5.74, 6) is 0.0310. The number of nitrogens with zero attached hydrogens (tertiary/aromatic N) is 2. The third-order valence-electron chi connectivity index (χ3n) is 3.32. The number of hydrogen-bond acceptors (Lipinski definition) is 3. The van der Waals surface area contributed by atoms with E-state index >= 15 is 0 Å². The molecule has 0 bridgehead atoms. The molecule has 2 aliphatic carbocycles. The Hall–Kier alpha value is -1.87. The van der Waals surface area contributed by atoms with Gasteiger partial charge in [0.2, 0.25) is 0 Å². The van der Waals surface area contributed by atoms with Crippen LogP contribution in [-0.2, 0) is 4.79 Å². The summed E-state index contributed by atoms with van der Waals surface area (Å²) < 4.78 is 0. The molecule has 80 valence electrons. The van der Waals surface area contributed by atoms with Gasteiger partial charge in [0, 0.05) is 6.42 Å². The minimum atomic E-state index is -1.16. The Morgan fingerprint density at radius 2 is 1.88 bits per heavy atom. The molecule has 0 aromatic rings. The number of carbonyl (C=O) groups excluding carboxylic acids is 1. The summed E-state index contributed by atoms with van der Waals surface area (Å²) in [5.41, 5.74) is 0.414. The van der Waals surface area contributed by atoms with Gasteiger partial charge in [0.1, 0.15) is 0 Å². The molecular formula is C13H12N2O. The summed E-state index contributed by atoms with van der Waals surface area (Å²) >= 11 is 0. The minimum absolute atomic E-state index is 0.0310. The molecule has 0 atom stereocenters. The highest BCUT2D eigenvalue weighted by Crippen LogP contribution is 2.43. The highest BCUT2D eigenvalue weighted by atomic mass is 16.1. The quantitative estimate of drug-likeness (QED) is 0.660. The van der Waals surface area contributed by atoms with E-state index in [-0.39, 0.29) is 5.78 Å². The van der Waals surface area contributed by atoms with E-state index in [9.17, 15) is 15.3 Å². The molecule has 0 heterocycles. The lowest BCUT2D eigenvalue weighted by Gasteiger charge is -2.21. The molecule has 16 heavy (non-hydrogen) atoms. The zero-order valence-corrected chi connectivity index (χ0v) is 8.99. The molecule has 0 aromatic heterocycles. The van der Waals surface area contributed by atoms with Crippen molar-refractivity contribution in [2.75, 3.05) is 0 Å². The van der Waals surface area contributed by atoms with Gasteiger partial charge in [-0.25, -0.2) is 0 Å². The molecule has 3 nitrogen and oxygen atoms in total. The van der Waals surface area contributed by atoms with E-state index in [2.05, 4.69) is 12.1 Å². The second-order valence-corrected chi connectivity index (χ2v) is 4.23. The molecule has 0 aliphatic heterocycles. The predicted molar refractivity (Wildman–Crippen MR) is 57.9 cm³/mol. The molecule has 0 N–H and O–H groups in total. The molecule has 2 rings (SSSR count). The second kappa shape index (κ2) is 3.94. The van der Waals surface area contributed by atoms with Crippen molar-refractivity contribution in [1.29, 1.82) is 10.5 Å². The first-order valence-corrected chi connectivity index (χ1v) is 5.49. The Kier molecular flexibility index (Phi) is 2.62. The standard InChI is InChI=1S/C13H12N2O/c14-8-13(9-15,10-3-1-2-4-10)11-5-6-12(16)7-11/h3,7H,1-2,4-6H2. The van der Waals surface area contributed by atoms with Gasteiger partial charge < -0.3 is 0 Å². The van der Waals surface area contributed by atoms with E-state index in [4.69, 9.17) is 0 Å². The fourth-order valence-corrected chi connectivity index (χ4v) is 2.42. The lowest BCUT2D eigenvalue weighted by atomic mass is 9.75. The first-order valence-electron chi connectivity index (χ1n) is 5.49. The maximum atomic E-state index is 11.2. The van der Waals surface area contributed by atoms with Gasteiger partial charge in [-0.1, -0.05) is 6.08 Å². The van der Waals surface area contributed by atoms with Crippen LogP contribution in [0.2, 0.25) is 0 Å². The van der Waals surface area contributed by atoms with Crippen LogP contribution in [0.15, 0.2) is 23.3 Å². The van der Waals surface area contributed by atoms with E-state index in [0.29, 0.717) is 18.4 Å². The third-order valence-corrected chi connectivity index (χ3v) is 3.32. The van der Waals surface area contributed by atoms with Crippen LogP contribution in [0.1, 0.15) is 32.1 Å². The highest BCUT2D eigenvalue weighted by Gasteiger charge is 2.41. The van der Waals surface area contributed by atoms with Crippen LogP contribution in [0.4, 0.5) is 0 Å². The Balaban J connectivity index is 2.45. The fourth-order valence-electron chi connectivity index (χ4n) is 2.42. The van der Waals surface area contributed by atoms with Crippen molar-refractivity contribution >= 4 is 5.78 Å². The van der Waals surface area contributed by atoms with Crippen molar-refractivity contribution in [1.82, 2.24) is 0 Å². The lowest BCUT2D eigenvalue weighted by Crippen LogP contribution is -2.20. The molecule has 0 spiro atoms. The molecule has 3 heteroatoms. The number of carbonyl (C=O) groups is 1. The lowest BCUT2D eigenvalue weighted by molar-refractivity contribution is -0.114. The van der Waals surface area contributed by atoms with Gasteiger partial charge in [-0.05, 0) is 42.9 Å². The highest BCUT2D eigenvalue weighted by molar-refractivity contribution is 5.93. The Morgan fingerprint density at radius 1 is 1.12 bits per heavy atom. The SMILES string of the molecule is N#CC(C#N)(C1=CCCC1)C1=CC(=O)CC1. The molecular weight excluding hydrogens is 200 g/mol. The van der Waals surface area contributed by atoms with Crippen molar-refractivity contribution in [3.05, 3.63) is 23.3 Å². The van der Waals surface area contributed by atoms with Crippen LogP contribution in [0, 0.1) is 28.1 Å². The maximum Gasteiger partial charge on any atom is 0.186 e. The van der Waals surface area contributed by atoms with Crippen molar-refractivity contribution in [3.8, 4) is 12.1 Å².